The topological polar surface area (TPSA) is 17.1 Å². The summed E-state index contributed by atoms with van der Waals surface area (Å²) in [6, 6.07) is 14.2. The SMILES string of the molecule is O=C(CCc1ccccc1)Cc1cccs1. The highest BCUT2D eigenvalue weighted by atomic mass is 32.1. The minimum absolute atomic E-state index is 0.325. The van der Waals surface area contributed by atoms with E-state index in [4.69, 9.17) is 0 Å². The van der Waals surface area contributed by atoms with Crippen LogP contribution in [0.3, 0.4) is 0 Å². The molecule has 0 unspecified atom stereocenters. The number of aryl methyl sites for hydroxylation is 1. The van der Waals surface area contributed by atoms with Crippen LogP contribution in [0, 0.1) is 0 Å². The van der Waals surface area contributed by atoms with Gasteiger partial charge in [-0.2, -0.15) is 0 Å². The van der Waals surface area contributed by atoms with Crippen molar-refractivity contribution in [3.8, 4) is 0 Å². The Morgan fingerprint density at radius 3 is 2.56 bits per heavy atom. The second kappa shape index (κ2) is 5.61. The van der Waals surface area contributed by atoms with Gasteiger partial charge >= 0.3 is 0 Å². The van der Waals surface area contributed by atoms with Gasteiger partial charge in [-0.15, -0.1) is 11.3 Å². The fraction of sp³-hybridized carbons (Fsp3) is 0.214. The fourth-order valence-electron chi connectivity index (χ4n) is 1.62. The molecule has 1 aromatic heterocycles. The first-order valence-electron chi connectivity index (χ1n) is 5.42. The Morgan fingerprint density at radius 1 is 1.06 bits per heavy atom. The molecular formula is C14H14OS. The number of hydrogen-bond donors (Lipinski definition) is 0. The van der Waals surface area contributed by atoms with Crippen LogP contribution in [0.25, 0.3) is 0 Å². The van der Waals surface area contributed by atoms with Crippen LogP contribution >= 0.6 is 11.3 Å². The molecule has 0 fully saturated rings. The van der Waals surface area contributed by atoms with Gasteiger partial charge in [0, 0.05) is 17.7 Å². The summed E-state index contributed by atoms with van der Waals surface area (Å²) in [4.78, 5) is 12.9. The fourth-order valence-corrected chi connectivity index (χ4v) is 2.36. The van der Waals surface area contributed by atoms with Crippen LogP contribution in [0.15, 0.2) is 47.8 Å². The van der Waals surface area contributed by atoms with Gasteiger partial charge in [0.2, 0.25) is 0 Å². The molecule has 0 radical (unpaired) electrons. The summed E-state index contributed by atoms with van der Waals surface area (Å²) in [7, 11) is 0. The maximum absolute atomic E-state index is 11.7. The van der Waals surface area contributed by atoms with Gasteiger partial charge in [-0.05, 0) is 23.4 Å². The maximum Gasteiger partial charge on any atom is 0.138 e. The smallest absolute Gasteiger partial charge is 0.138 e. The van der Waals surface area contributed by atoms with E-state index in [0.717, 1.165) is 11.3 Å². The summed E-state index contributed by atoms with van der Waals surface area (Å²) in [5.41, 5.74) is 1.24. The lowest BCUT2D eigenvalue weighted by molar-refractivity contribution is -0.118. The Bertz CT molecular complexity index is 431. The van der Waals surface area contributed by atoms with E-state index in [1.165, 1.54) is 5.56 Å². The lowest BCUT2D eigenvalue weighted by Gasteiger charge is -2.00. The number of Topliss-reactive ketones (excluding diaryl/α,β-unsaturated/α-hetero) is 1. The number of benzene rings is 1. The first kappa shape index (κ1) is 11.1. The molecule has 1 aromatic carbocycles. The van der Waals surface area contributed by atoms with E-state index in [1.54, 1.807) is 11.3 Å². The molecule has 0 spiro atoms. The molecule has 1 heterocycles. The predicted molar refractivity (Wildman–Crippen MR) is 67.8 cm³/mol. The summed E-state index contributed by atoms with van der Waals surface area (Å²) in [5, 5.41) is 2.01. The summed E-state index contributed by atoms with van der Waals surface area (Å²) in [6.07, 6.45) is 2.08. The predicted octanol–water partition coefficient (Wildman–Crippen LogP) is 3.49. The molecule has 2 rings (SSSR count). The molecule has 0 atom stereocenters. The molecule has 82 valence electrons. The van der Waals surface area contributed by atoms with Crippen molar-refractivity contribution < 1.29 is 4.79 Å². The third kappa shape index (κ3) is 3.31. The molecule has 0 aliphatic rings. The van der Waals surface area contributed by atoms with E-state index in [9.17, 15) is 4.79 Å². The normalized spacial score (nSPS) is 10.2. The summed E-state index contributed by atoms with van der Waals surface area (Å²) >= 11 is 1.65. The number of hydrogen-bond acceptors (Lipinski definition) is 2. The quantitative estimate of drug-likeness (QED) is 0.768. The van der Waals surface area contributed by atoms with E-state index in [0.29, 0.717) is 18.6 Å². The van der Waals surface area contributed by atoms with Crippen molar-refractivity contribution in [3.05, 3.63) is 58.3 Å². The zero-order valence-corrected chi connectivity index (χ0v) is 9.87. The van der Waals surface area contributed by atoms with Gasteiger partial charge in [-0.25, -0.2) is 0 Å². The van der Waals surface area contributed by atoms with E-state index in [-0.39, 0.29) is 0 Å². The molecule has 16 heavy (non-hydrogen) atoms. The van der Waals surface area contributed by atoms with Crippen LogP contribution in [0.2, 0.25) is 0 Å². The standard InChI is InChI=1S/C14H14OS/c15-13(11-14-7-4-10-16-14)9-8-12-5-2-1-3-6-12/h1-7,10H,8-9,11H2. The van der Waals surface area contributed by atoms with E-state index < -0.39 is 0 Å². The summed E-state index contributed by atoms with van der Waals surface area (Å²) in [6.45, 7) is 0. The molecule has 2 heteroatoms. The molecule has 0 saturated carbocycles. The third-order valence-electron chi connectivity index (χ3n) is 2.49. The van der Waals surface area contributed by atoms with Crippen molar-refractivity contribution in [2.24, 2.45) is 0 Å². The second-order valence-electron chi connectivity index (χ2n) is 3.78. The second-order valence-corrected chi connectivity index (χ2v) is 4.81. The monoisotopic (exact) mass is 230 g/mol. The van der Waals surface area contributed by atoms with Crippen molar-refractivity contribution in [2.45, 2.75) is 19.3 Å². The van der Waals surface area contributed by atoms with E-state index >= 15 is 0 Å². The van der Waals surface area contributed by atoms with Crippen LogP contribution in [0.1, 0.15) is 16.9 Å². The highest BCUT2D eigenvalue weighted by Gasteiger charge is 2.04. The number of thiophene rings is 1. The highest BCUT2D eigenvalue weighted by Crippen LogP contribution is 2.11. The van der Waals surface area contributed by atoms with Gasteiger partial charge in [0.1, 0.15) is 5.78 Å². The van der Waals surface area contributed by atoms with Crippen LogP contribution < -0.4 is 0 Å². The Morgan fingerprint density at radius 2 is 1.88 bits per heavy atom. The van der Waals surface area contributed by atoms with Crippen molar-refractivity contribution >= 4 is 17.1 Å². The Balaban J connectivity index is 1.80. The number of rotatable bonds is 5. The Kier molecular flexibility index (Phi) is 3.89. The molecular weight excluding hydrogens is 216 g/mol. The van der Waals surface area contributed by atoms with Crippen molar-refractivity contribution in [3.63, 3.8) is 0 Å². The average Bonchev–Trinajstić information content (AvgIpc) is 2.81. The average molecular weight is 230 g/mol. The molecule has 0 bridgehead atoms. The summed E-state index contributed by atoms with van der Waals surface area (Å²) < 4.78 is 0. The van der Waals surface area contributed by atoms with Gasteiger partial charge in [0.15, 0.2) is 0 Å². The molecule has 0 amide bonds. The van der Waals surface area contributed by atoms with Gasteiger partial charge in [-0.3, -0.25) is 4.79 Å². The number of ketones is 1. The highest BCUT2D eigenvalue weighted by molar-refractivity contribution is 7.10. The molecule has 2 aromatic rings. The van der Waals surface area contributed by atoms with Gasteiger partial charge in [0.25, 0.3) is 0 Å². The summed E-state index contributed by atoms with van der Waals surface area (Å²) in [5.74, 6) is 0.325. The van der Waals surface area contributed by atoms with Crippen molar-refractivity contribution in [1.29, 1.82) is 0 Å². The van der Waals surface area contributed by atoms with Crippen LogP contribution in [-0.4, -0.2) is 5.78 Å². The Labute approximate surface area is 99.8 Å². The zero-order valence-electron chi connectivity index (χ0n) is 9.06. The molecule has 0 aliphatic heterocycles. The molecule has 1 nitrogen and oxygen atoms in total. The lowest BCUT2D eigenvalue weighted by Crippen LogP contribution is -2.02. The maximum atomic E-state index is 11.7. The van der Waals surface area contributed by atoms with Crippen LogP contribution in [0.4, 0.5) is 0 Å². The van der Waals surface area contributed by atoms with Crippen LogP contribution in [-0.2, 0) is 17.6 Å². The van der Waals surface area contributed by atoms with E-state index in [2.05, 4.69) is 12.1 Å². The number of carbonyl (C=O) groups is 1. The molecule has 0 N–H and O–H groups in total. The third-order valence-corrected chi connectivity index (χ3v) is 3.36. The largest absolute Gasteiger partial charge is 0.299 e. The molecule has 0 aliphatic carbocycles. The van der Waals surface area contributed by atoms with Gasteiger partial charge < -0.3 is 0 Å². The minimum atomic E-state index is 0.325. The minimum Gasteiger partial charge on any atom is -0.299 e. The van der Waals surface area contributed by atoms with Crippen LogP contribution in [0.5, 0.6) is 0 Å². The first-order chi connectivity index (χ1) is 7.84. The van der Waals surface area contributed by atoms with E-state index in [1.807, 2.05) is 35.7 Å². The van der Waals surface area contributed by atoms with Crippen molar-refractivity contribution in [1.82, 2.24) is 0 Å². The number of carbonyl (C=O) groups excluding carboxylic acids is 1. The first-order valence-corrected chi connectivity index (χ1v) is 6.30. The Hall–Kier alpha value is -1.41. The lowest BCUT2D eigenvalue weighted by atomic mass is 10.1. The zero-order chi connectivity index (χ0) is 11.2. The van der Waals surface area contributed by atoms with Gasteiger partial charge in [0.05, 0.1) is 0 Å². The molecule has 0 saturated heterocycles. The van der Waals surface area contributed by atoms with Crippen molar-refractivity contribution in [2.75, 3.05) is 0 Å². The van der Waals surface area contributed by atoms with Gasteiger partial charge in [-0.1, -0.05) is 36.4 Å².